The monoisotopic (exact) mass is 267 g/mol. The number of thioether (sulfide) groups is 1. The van der Waals surface area contributed by atoms with Gasteiger partial charge in [0.05, 0.1) is 12.6 Å². The second kappa shape index (κ2) is 5.61. The average molecular weight is 267 g/mol. The van der Waals surface area contributed by atoms with E-state index in [-0.39, 0.29) is 12.6 Å². The number of aliphatic hydroxyl groups excluding tert-OH is 1. The number of hydrogen-bond acceptors (Lipinski definition) is 4. The van der Waals surface area contributed by atoms with Gasteiger partial charge in [0.1, 0.15) is 5.82 Å². The van der Waals surface area contributed by atoms with Gasteiger partial charge in [-0.1, -0.05) is 0 Å². The van der Waals surface area contributed by atoms with Crippen molar-refractivity contribution in [1.29, 1.82) is 0 Å². The van der Waals surface area contributed by atoms with E-state index in [1.165, 1.54) is 24.3 Å². The van der Waals surface area contributed by atoms with Crippen molar-refractivity contribution in [3.05, 3.63) is 11.6 Å². The Morgan fingerprint density at radius 1 is 1.33 bits per heavy atom. The number of hydrogen-bond donors (Lipinski definition) is 1. The van der Waals surface area contributed by atoms with Crippen LogP contribution in [0.5, 0.6) is 0 Å². The van der Waals surface area contributed by atoms with Crippen molar-refractivity contribution in [2.75, 3.05) is 18.1 Å². The van der Waals surface area contributed by atoms with E-state index in [4.69, 9.17) is 0 Å². The molecule has 3 rings (SSSR count). The number of aryl methyl sites for hydroxylation is 1. The van der Waals surface area contributed by atoms with Crippen molar-refractivity contribution >= 4 is 11.8 Å². The summed E-state index contributed by atoms with van der Waals surface area (Å²) in [6.45, 7) is 0.190. The van der Waals surface area contributed by atoms with Crippen molar-refractivity contribution in [1.82, 2.24) is 14.8 Å². The second-order valence-electron chi connectivity index (χ2n) is 5.40. The smallest absolute Gasteiger partial charge is 0.151 e. The molecule has 5 heteroatoms. The maximum atomic E-state index is 9.38. The van der Waals surface area contributed by atoms with Crippen LogP contribution >= 0.6 is 11.8 Å². The highest BCUT2D eigenvalue weighted by atomic mass is 32.2. The molecule has 2 aliphatic rings. The molecule has 0 bridgehead atoms. The van der Waals surface area contributed by atoms with Crippen LogP contribution in [0.4, 0.5) is 0 Å². The Kier molecular flexibility index (Phi) is 3.89. The number of aliphatic hydroxyl groups is 1. The molecule has 0 aliphatic carbocycles. The van der Waals surface area contributed by atoms with Gasteiger partial charge >= 0.3 is 0 Å². The molecule has 2 aliphatic heterocycles. The summed E-state index contributed by atoms with van der Waals surface area (Å²) in [7, 11) is 0. The third-order valence-corrected chi connectivity index (χ3v) is 5.25. The Morgan fingerprint density at radius 3 is 3.06 bits per heavy atom. The lowest BCUT2D eigenvalue weighted by molar-refractivity contribution is 0.194. The summed E-state index contributed by atoms with van der Waals surface area (Å²) in [5.41, 5.74) is 0. The summed E-state index contributed by atoms with van der Waals surface area (Å²) < 4.78 is 1.98. The van der Waals surface area contributed by atoms with Gasteiger partial charge in [-0.2, -0.15) is 16.9 Å². The normalized spacial score (nSPS) is 28.1. The number of rotatable bonds is 3. The van der Waals surface area contributed by atoms with Crippen LogP contribution in [0.25, 0.3) is 0 Å². The van der Waals surface area contributed by atoms with E-state index < -0.39 is 0 Å². The Morgan fingerprint density at radius 2 is 2.28 bits per heavy atom. The summed E-state index contributed by atoms with van der Waals surface area (Å²) in [6.07, 6.45) is 6.85. The third kappa shape index (κ3) is 2.57. The topological polar surface area (TPSA) is 50.9 Å². The van der Waals surface area contributed by atoms with Crippen molar-refractivity contribution in [3.63, 3.8) is 0 Å². The lowest BCUT2D eigenvalue weighted by atomic mass is 10.0. The molecule has 0 saturated carbocycles. The molecule has 0 radical (unpaired) electrons. The van der Waals surface area contributed by atoms with Gasteiger partial charge in [0.2, 0.25) is 0 Å². The van der Waals surface area contributed by atoms with Crippen molar-refractivity contribution in [2.45, 2.75) is 44.6 Å². The first kappa shape index (κ1) is 12.5. The highest BCUT2D eigenvalue weighted by Gasteiger charge is 2.24. The van der Waals surface area contributed by atoms with Crippen molar-refractivity contribution in [2.24, 2.45) is 5.92 Å². The standard InChI is InChI=1S/C13H21N3OS/c17-8-11-4-1-5-13-14-12(15-16(11)13)7-10-3-2-6-18-9-10/h10-11,17H,1-9H2. The first-order chi connectivity index (χ1) is 8.86. The van der Waals surface area contributed by atoms with Crippen LogP contribution in [0.3, 0.4) is 0 Å². The number of aromatic nitrogens is 3. The highest BCUT2D eigenvalue weighted by molar-refractivity contribution is 7.99. The minimum absolute atomic E-state index is 0.163. The van der Waals surface area contributed by atoms with E-state index in [1.54, 1.807) is 0 Å². The third-order valence-electron chi connectivity index (χ3n) is 3.97. The summed E-state index contributed by atoms with van der Waals surface area (Å²) in [4.78, 5) is 4.67. The molecule has 2 unspecified atom stereocenters. The number of nitrogens with zero attached hydrogens (tertiary/aromatic N) is 3. The zero-order valence-corrected chi connectivity index (χ0v) is 11.5. The van der Waals surface area contributed by atoms with E-state index in [1.807, 2.05) is 4.68 Å². The van der Waals surface area contributed by atoms with Gasteiger partial charge in [-0.25, -0.2) is 9.67 Å². The summed E-state index contributed by atoms with van der Waals surface area (Å²) in [5.74, 6) is 5.40. The van der Waals surface area contributed by atoms with Gasteiger partial charge < -0.3 is 5.11 Å². The van der Waals surface area contributed by atoms with Gasteiger partial charge in [-0.3, -0.25) is 0 Å². The molecule has 1 aromatic rings. The molecule has 1 fully saturated rings. The molecule has 18 heavy (non-hydrogen) atoms. The Hall–Kier alpha value is -0.550. The first-order valence-electron chi connectivity index (χ1n) is 6.99. The molecule has 1 saturated heterocycles. The highest BCUT2D eigenvalue weighted by Crippen LogP contribution is 2.27. The fourth-order valence-electron chi connectivity index (χ4n) is 2.97. The Labute approximate surface area is 112 Å². The summed E-state index contributed by atoms with van der Waals surface area (Å²) in [5, 5.41) is 14.0. The predicted octanol–water partition coefficient (Wildman–Crippen LogP) is 1.83. The minimum Gasteiger partial charge on any atom is -0.394 e. The Bertz CT molecular complexity index is 401. The van der Waals surface area contributed by atoms with E-state index in [0.29, 0.717) is 0 Å². The van der Waals surface area contributed by atoms with Crippen LogP contribution < -0.4 is 0 Å². The van der Waals surface area contributed by atoms with Gasteiger partial charge in [0.15, 0.2) is 5.82 Å². The fourth-order valence-corrected chi connectivity index (χ4v) is 4.12. The van der Waals surface area contributed by atoms with Gasteiger partial charge in [0, 0.05) is 12.8 Å². The van der Waals surface area contributed by atoms with Crippen LogP contribution in [0.2, 0.25) is 0 Å². The molecule has 2 atom stereocenters. The van der Waals surface area contributed by atoms with E-state index >= 15 is 0 Å². The maximum Gasteiger partial charge on any atom is 0.151 e. The van der Waals surface area contributed by atoms with Crippen LogP contribution in [0.1, 0.15) is 43.4 Å². The van der Waals surface area contributed by atoms with Crippen molar-refractivity contribution in [3.8, 4) is 0 Å². The average Bonchev–Trinajstić information content (AvgIpc) is 2.82. The molecular formula is C13H21N3OS. The largest absolute Gasteiger partial charge is 0.394 e. The van der Waals surface area contributed by atoms with Crippen LogP contribution in [0.15, 0.2) is 0 Å². The Balaban J connectivity index is 1.71. The molecule has 4 nitrogen and oxygen atoms in total. The van der Waals surface area contributed by atoms with Crippen LogP contribution in [-0.4, -0.2) is 38.0 Å². The fraction of sp³-hybridized carbons (Fsp3) is 0.846. The van der Waals surface area contributed by atoms with Gasteiger partial charge in [0.25, 0.3) is 0 Å². The second-order valence-corrected chi connectivity index (χ2v) is 6.55. The van der Waals surface area contributed by atoms with E-state index in [0.717, 1.165) is 43.3 Å². The lowest BCUT2D eigenvalue weighted by Gasteiger charge is -2.21. The SMILES string of the molecule is OCC1CCCc2nc(CC3CCCSC3)nn21. The molecule has 1 aromatic heterocycles. The molecule has 0 spiro atoms. The molecule has 3 heterocycles. The first-order valence-corrected chi connectivity index (χ1v) is 8.15. The molecule has 100 valence electrons. The van der Waals surface area contributed by atoms with E-state index in [9.17, 15) is 5.11 Å². The van der Waals surface area contributed by atoms with Crippen LogP contribution in [0, 0.1) is 5.92 Å². The molecule has 0 amide bonds. The number of fused-ring (bicyclic) bond motifs is 1. The zero-order valence-electron chi connectivity index (χ0n) is 10.7. The van der Waals surface area contributed by atoms with Gasteiger partial charge in [-0.15, -0.1) is 0 Å². The van der Waals surface area contributed by atoms with Gasteiger partial charge in [-0.05, 0) is 43.1 Å². The summed E-state index contributed by atoms with van der Waals surface area (Å²) in [6, 6.07) is 0.163. The molecule has 1 N–H and O–H groups in total. The molecular weight excluding hydrogens is 246 g/mol. The van der Waals surface area contributed by atoms with E-state index in [2.05, 4.69) is 21.8 Å². The van der Waals surface area contributed by atoms with Crippen LogP contribution in [-0.2, 0) is 12.8 Å². The lowest BCUT2D eigenvalue weighted by Crippen LogP contribution is -2.22. The molecule has 0 aromatic carbocycles. The predicted molar refractivity (Wildman–Crippen MR) is 72.8 cm³/mol. The quantitative estimate of drug-likeness (QED) is 0.908. The minimum atomic E-state index is 0.163. The van der Waals surface area contributed by atoms with Crippen molar-refractivity contribution < 1.29 is 5.11 Å². The summed E-state index contributed by atoms with van der Waals surface area (Å²) >= 11 is 2.06. The zero-order chi connectivity index (χ0) is 12.4. The maximum absolute atomic E-state index is 9.38.